The van der Waals surface area contributed by atoms with Crippen molar-refractivity contribution in [3.05, 3.63) is 75.2 Å². The first kappa shape index (κ1) is 19.6. The zero-order valence-electron chi connectivity index (χ0n) is 16.3. The number of carbonyl (C=O) groups is 1. The molecule has 1 N–H and O–H groups in total. The molecular weight excluding hydrogens is 388 g/mol. The van der Waals surface area contributed by atoms with Gasteiger partial charge in [-0.1, -0.05) is 41.9 Å². The van der Waals surface area contributed by atoms with Crippen molar-refractivity contribution in [1.29, 1.82) is 0 Å². The Kier molecular flexibility index (Phi) is 5.65. The van der Waals surface area contributed by atoms with E-state index >= 15 is 0 Å². The van der Waals surface area contributed by atoms with Gasteiger partial charge in [0.1, 0.15) is 0 Å². The molecule has 29 heavy (non-hydrogen) atoms. The number of fused-ring (bicyclic) bond motifs is 1. The van der Waals surface area contributed by atoms with Crippen LogP contribution in [0.5, 0.6) is 0 Å². The Morgan fingerprint density at radius 3 is 2.45 bits per heavy atom. The Bertz CT molecular complexity index is 1090. The summed E-state index contributed by atoms with van der Waals surface area (Å²) in [5.74, 6) is -0.229. The molecule has 1 aromatic heterocycles. The Morgan fingerprint density at radius 1 is 1.10 bits per heavy atom. The Balaban J connectivity index is 1.40. The van der Waals surface area contributed by atoms with E-state index in [1.807, 2.05) is 30.3 Å². The third kappa shape index (κ3) is 4.33. The number of aromatic nitrogens is 2. The highest BCUT2D eigenvalue weighted by atomic mass is 35.5. The summed E-state index contributed by atoms with van der Waals surface area (Å²) in [6.45, 7) is 2.70. The number of piperidine rings is 1. The lowest BCUT2D eigenvalue weighted by atomic mass is 10.0. The third-order valence-corrected chi connectivity index (χ3v) is 5.67. The Hall–Kier alpha value is -2.70. The summed E-state index contributed by atoms with van der Waals surface area (Å²) >= 11 is 5.95. The van der Waals surface area contributed by atoms with Gasteiger partial charge >= 0.3 is 0 Å². The molecule has 0 bridgehead atoms. The summed E-state index contributed by atoms with van der Waals surface area (Å²) in [5, 5.41) is 9.16. The minimum atomic E-state index is -0.229. The molecule has 4 rings (SSSR count). The molecule has 0 saturated carbocycles. The van der Waals surface area contributed by atoms with E-state index in [9.17, 15) is 9.59 Å². The van der Waals surface area contributed by atoms with Crippen LogP contribution in [0.2, 0.25) is 5.02 Å². The number of amides is 1. The predicted octanol–water partition coefficient (Wildman–Crippen LogP) is 2.98. The van der Waals surface area contributed by atoms with E-state index in [1.165, 1.54) is 10.2 Å². The summed E-state index contributed by atoms with van der Waals surface area (Å²) in [5.41, 5.74) is 1.33. The molecule has 0 atom stereocenters. The van der Waals surface area contributed by atoms with Crippen molar-refractivity contribution in [3.63, 3.8) is 0 Å². The maximum Gasteiger partial charge on any atom is 0.274 e. The molecule has 2 heterocycles. The van der Waals surface area contributed by atoms with Crippen molar-refractivity contribution in [3.8, 4) is 0 Å². The first-order valence-corrected chi connectivity index (χ1v) is 10.1. The van der Waals surface area contributed by atoms with E-state index in [-0.39, 0.29) is 17.5 Å². The van der Waals surface area contributed by atoms with Gasteiger partial charge in [-0.2, -0.15) is 5.10 Å². The van der Waals surface area contributed by atoms with E-state index in [1.54, 1.807) is 25.2 Å². The van der Waals surface area contributed by atoms with Crippen LogP contribution in [0.25, 0.3) is 10.8 Å². The molecule has 3 aromatic rings. The van der Waals surface area contributed by atoms with Gasteiger partial charge in [0.15, 0.2) is 5.69 Å². The number of aryl methyl sites for hydroxylation is 1. The first-order chi connectivity index (χ1) is 14.0. The molecule has 0 spiro atoms. The Morgan fingerprint density at radius 2 is 1.76 bits per heavy atom. The van der Waals surface area contributed by atoms with Gasteiger partial charge in [-0.15, -0.1) is 0 Å². The Labute approximate surface area is 174 Å². The van der Waals surface area contributed by atoms with Crippen LogP contribution in [0.1, 0.15) is 28.9 Å². The number of nitrogens with one attached hydrogen (secondary N) is 1. The molecule has 6 nitrogen and oxygen atoms in total. The van der Waals surface area contributed by atoms with E-state index < -0.39 is 0 Å². The number of halogens is 1. The molecule has 1 aliphatic heterocycles. The lowest BCUT2D eigenvalue weighted by Gasteiger charge is -2.32. The fraction of sp³-hybridized carbons (Fsp3) is 0.318. The fourth-order valence-electron chi connectivity index (χ4n) is 3.80. The molecular formula is C22H23ClN4O2. The average Bonchev–Trinajstić information content (AvgIpc) is 2.74. The number of rotatable bonds is 4. The van der Waals surface area contributed by atoms with Crippen molar-refractivity contribution in [1.82, 2.24) is 20.0 Å². The van der Waals surface area contributed by atoms with Crippen molar-refractivity contribution in [2.24, 2.45) is 7.05 Å². The minimum absolute atomic E-state index is 0.0989. The van der Waals surface area contributed by atoms with Gasteiger partial charge in [-0.3, -0.25) is 14.5 Å². The summed E-state index contributed by atoms with van der Waals surface area (Å²) in [7, 11) is 1.57. The maximum absolute atomic E-state index is 12.9. The van der Waals surface area contributed by atoms with Crippen LogP contribution >= 0.6 is 11.6 Å². The van der Waals surface area contributed by atoms with Gasteiger partial charge in [0, 0.05) is 43.1 Å². The molecule has 0 aliphatic carbocycles. The average molecular weight is 411 g/mol. The number of carbonyl (C=O) groups excluding carboxylic acids is 1. The normalized spacial score (nSPS) is 15.5. The number of likely N-dealkylation sites (tertiary alicyclic amines) is 1. The van der Waals surface area contributed by atoms with Crippen LogP contribution < -0.4 is 10.9 Å². The van der Waals surface area contributed by atoms with E-state index in [4.69, 9.17) is 11.6 Å². The predicted molar refractivity (Wildman–Crippen MR) is 114 cm³/mol. The quantitative estimate of drug-likeness (QED) is 0.718. The van der Waals surface area contributed by atoms with Gasteiger partial charge in [-0.05, 0) is 36.6 Å². The third-order valence-electron chi connectivity index (χ3n) is 5.41. The van der Waals surface area contributed by atoms with Crippen LogP contribution in [-0.4, -0.2) is 39.7 Å². The maximum atomic E-state index is 12.9. The minimum Gasteiger partial charge on any atom is -0.348 e. The van der Waals surface area contributed by atoms with E-state index in [2.05, 4.69) is 15.3 Å². The van der Waals surface area contributed by atoms with Crippen LogP contribution in [-0.2, 0) is 13.6 Å². The van der Waals surface area contributed by atoms with E-state index in [0.29, 0.717) is 16.5 Å². The molecule has 0 unspecified atom stereocenters. The van der Waals surface area contributed by atoms with Crippen LogP contribution in [0.15, 0.2) is 53.3 Å². The molecule has 1 aliphatic rings. The van der Waals surface area contributed by atoms with Crippen molar-refractivity contribution >= 4 is 28.3 Å². The molecule has 0 radical (unpaired) electrons. The molecule has 1 saturated heterocycles. The fourth-order valence-corrected chi connectivity index (χ4v) is 3.93. The highest BCUT2D eigenvalue weighted by Crippen LogP contribution is 2.17. The first-order valence-electron chi connectivity index (χ1n) is 9.75. The van der Waals surface area contributed by atoms with Crippen LogP contribution in [0.4, 0.5) is 0 Å². The van der Waals surface area contributed by atoms with Crippen molar-refractivity contribution in [2.45, 2.75) is 25.4 Å². The summed E-state index contributed by atoms with van der Waals surface area (Å²) in [4.78, 5) is 27.5. The standard InChI is InChI=1S/C22H23ClN4O2/c1-26-22(29)19-5-3-2-4-18(19)20(25-26)21(28)24-17-10-12-27(13-11-17)14-15-6-8-16(23)9-7-15/h2-9,17H,10-14H2,1H3,(H,24,28). The smallest absolute Gasteiger partial charge is 0.274 e. The lowest BCUT2D eigenvalue weighted by molar-refractivity contribution is 0.0903. The van der Waals surface area contributed by atoms with Crippen molar-refractivity contribution < 1.29 is 4.79 Å². The van der Waals surface area contributed by atoms with Crippen LogP contribution in [0.3, 0.4) is 0 Å². The van der Waals surface area contributed by atoms with E-state index in [0.717, 1.165) is 37.5 Å². The summed E-state index contributed by atoms with van der Waals surface area (Å²) in [6, 6.07) is 15.1. The molecule has 150 valence electrons. The second kappa shape index (κ2) is 8.35. The lowest BCUT2D eigenvalue weighted by Crippen LogP contribution is -2.44. The SMILES string of the molecule is Cn1nc(C(=O)NC2CCN(Cc3ccc(Cl)cc3)CC2)c2ccccc2c1=O. The zero-order chi connectivity index (χ0) is 20.4. The van der Waals surface area contributed by atoms with Gasteiger partial charge in [0.25, 0.3) is 11.5 Å². The topological polar surface area (TPSA) is 67.2 Å². The number of nitrogens with zero attached hydrogens (tertiary/aromatic N) is 3. The van der Waals surface area contributed by atoms with Gasteiger partial charge in [0.05, 0.1) is 5.39 Å². The monoisotopic (exact) mass is 410 g/mol. The summed E-state index contributed by atoms with van der Waals surface area (Å²) in [6.07, 6.45) is 1.76. The van der Waals surface area contributed by atoms with Crippen molar-refractivity contribution in [2.75, 3.05) is 13.1 Å². The van der Waals surface area contributed by atoms with Gasteiger partial charge < -0.3 is 5.32 Å². The number of benzene rings is 2. The van der Waals surface area contributed by atoms with Gasteiger partial charge in [-0.25, -0.2) is 4.68 Å². The number of hydrogen-bond acceptors (Lipinski definition) is 4. The van der Waals surface area contributed by atoms with Gasteiger partial charge in [0.2, 0.25) is 0 Å². The molecule has 2 aromatic carbocycles. The zero-order valence-corrected chi connectivity index (χ0v) is 17.0. The highest BCUT2D eigenvalue weighted by Gasteiger charge is 2.23. The molecule has 1 fully saturated rings. The molecule has 7 heteroatoms. The second-order valence-corrected chi connectivity index (χ2v) is 7.91. The van der Waals surface area contributed by atoms with Crippen LogP contribution in [0, 0.1) is 0 Å². The molecule has 1 amide bonds. The summed E-state index contributed by atoms with van der Waals surface area (Å²) < 4.78 is 1.23. The number of hydrogen-bond donors (Lipinski definition) is 1. The largest absolute Gasteiger partial charge is 0.348 e. The highest BCUT2D eigenvalue weighted by molar-refractivity contribution is 6.30. The second-order valence-electron chi connectivity index (χ2n) is 7.47.